The molecule has 0 amide bonds. The van der Waals surface area contributed by atoms with Crippen molar-refractivity contribution >= 4 is 50.8 Å². The minimum Gasteiger partial charge on any atom is -0.477 e. The largest absolute Gasteiger partial charge is 0.477 e. The number of rotatable bonds is 2. The van der Waals surface area contributed by atoms with Crippen molar-refractivity contribution in [1.82, 2.24) is 0 Å². The molecule has 1 aromatic carbocycles. The summed E-state index contributed by atoms with van der Waals surface area (Å²) in [6, 6.07) is 3.95. The number of thioether (sulfide) groups is 1. The molecule has 0 aliphatic heterocycles. The van der Waals surface area contributed by atoms with Gasteiger partial charge >= 0.3 is 11.5 Å². The maximum atomic E-state index is 12.2. The highest BCUT2D eigenvalue weighted by atomic mass is 35.5. The van der Waals surface area contributed by atoms with E-state index >= 15 is 0 Å². The first kappa shape index (κ1) is 13.5. The van der Waals surface area contributed by atoms with Crippen LogP contribution in [0.25, 0.3) is 10.1 Å². The number of alkyl halides is 3. The molecule has 0 aliphatic carbocycles. The van der Waals surface area contributed by atoms with Gasteiger partial charge in [0.25, 0.3) is 0 Å². The van der Waals surface area contributed by atoms with Crippen molar-refractivity contribution in [1.29, 1.82) is 0 Å². The smallest absolute Gasteiger partial charge is 0.446 e. The summed E-state index contributed by atoms with van der Waals surface area (Å²) in [5.41, 5.74) is -4.37. The summed E-state index contributed by atoms with van der Waals surface area (Å²) in [7, 11) is 0. The summed E-state index contributed by atoms with van der Waals surface area (Å²) in [5.74, 6) is -1.19. The number of carboxylic acid groups (broad SMARTS) is 1. The lowest BCUT2D eigenvalue weighted by atomic mass is 10.2. The Kier molecular flexibility index (Phi) is 3.48. The van der Waals surface area contributed by atoms with Crippen molar-refractivity contribution < 1.29 is 23.1 Å². The topological polar surface area (TPSA) is 37.3 Å². The van der Waals surface area contributed by atoms with Crippen LogP contribution in [0.2, 0.25) is 5.02 Å². The van der Waals surface area contributed by atoms with E-state index in [1.165, 1.54) is 18.2 Å². The number of carbonyl (C=O) groups is 1. The lowest BCUT2D eigenvalue weighted by molar-refractivity contribution is -0.0328. The van der Waals surface area contributed by atoms with Gasteiger partial charge in [0.2, 0.25) is 0 Å². The maximum Gasteiger partial charge on any atom is 0.446 e. The van der Waals surface area contributed by atoms with Gasteiger partial charge in [-0.1, -0.05) is 17.7 Å². The molecule has 0 atom stereocenters. The van der Waals surface area contributed by atoms with Crippen molar-refractivity contribution in [3.05, 3.63) is 28.1 Å². The summed E-state index contributed by atoms with van der Waals surface area (Å²) in [4.78, 5) is 10.8. The second-order valence-electron chi connectivity index (χ2n) is 3.26. The monoisotopic (exact) mass is 312 g/mol. The fraction of sp³-hybridized carbons (Fsp3) is 0.100. The quantitative estimate of drug-likeness (QED) is 0.804. The number of benzene rings is 1. The Morgan fingerprint density at radius 1 is 1.39 bits per heavy atom. The van der Waals surface area contributed by atoms with Gasteiger partial charge in [-0.2, -0.15) is 13.2 Å². The van der Waals surface area contributed by atoms with E-state index in [2.05, 4.69) is 0 Å². The predicted octanol–water partition coefficient (Wildman–Crippen LogP) is 4.86. The Hall–Kier alpha value is -0.920. The van der Waals surface area contributed by atoms with Crippen molar-refractivity contribution in [3.63, 3.8) is 0 Å². The zero-order chi connectivity index (χ0) is 13.5. The molecule has 1 heterocycles. The van der Waals surface area contributed by atoms with Crippen molar-refractivity contribution in [3.8, 4) is 0 Å². The number of hydrogen-bond donors (Lipinski definition) is 1. The second-order valence-corrected chi connectivity index (χ2v) is 5.82. The van der Waals surface area contributed by atoms with E-state index in [1.54, 1.807) is 0 Å². The van der Waals surface area contributed by atoms with E-state index in [9.17, 15) is 18.0 Å². The van der Waals surface area contributed by atoms with Crippen molar-refractivity contribution in [2.75, 3.05) is 0 Å². The number of hydrogen-bond acceptors (Lipinski definition) is 3. The molecule has 2 rings (SSSR count). The molecule has 8 heteroatoms. The van der Waals surface area contributed by atoms with E-state index in [0.29, 0.717) is 10.1 Å². The Bertz CT molecular complexity index is 621. The molecule has 0 saturated heterocycles. The van der Waals surface area contributed by atoms with E-state index in [4.69, 9.17) is 16.7 Å². The molecule has 1 aromatic heterocycles. The van der Waals surface area contributed by atoms with E-state index in [-0.39, 0.29) is 26.6 Å². The fourth-order valence-corrected chi connectivity index (χ4v) is 3.43. The van der Waals surface area contributed by atoms with Crippen LogP contribution in [0.3, 0.4) is 0 Å². The van der Waals surface area contributed by atoms with Crippen LogP contribution in [0, 0.1) is 0 Å². The van der Waals surface area contributed by atoms with Crippen LogP contribution in [-0.2, 0) is 0 Å². The molecule has 0 radical (unpaired) electrons. The SMILES string of the molecule is O=C(O)c1sc2cc(SC(F)(F)F)ccc2c1Cl. The van der Waals surface area contributed by atoms with Crippen LogP contribution in [0.1, 0.15) is 9.67 Å². The van der Waals surface area contributed by atoms with Gasteiger partial charge in [-0.3, -0.25) is 0 Å². The highest BCUT2D eigenvalue weighted by Gasteiger charge is 2.29. The zero-order valence-electron chi connectivity index (χ0n) is 8.42. The Morgan fingerprint density at radius 2 is 2.06 bits per heavy atom. The minimum atomic E-state index is -4.37. The molecule has 2 nitrogen and oxygen atoms in total. The summed E-state index contributed by atoms with van der Waals surface area (Å²) in [6.07, 6.45) is 0. The van der Waals surface area contributed by atoms with Crippen LogP contribution in [0.15, 0.2) is 23.1 Å². The summed E-state index contributed by atoms with van der Waals surface area (Å²) >= 11 is 6.45. The average Bonchev–Trinajstić information content (AvgIpc) is 2.53. The number of carboxylic acids is 1. The van der Waals surface area contributed by atoms with Crippen LogP contribution in [0.4, 0.5) is 13.2 Å². The third-order valence-electron chi connectivity index (χ3n) is 2.03. The van der Waals surface area contributed by atoms with Gasteiger partial charge in [-0.15, -0.1) is 11.3 Å². The molecular weight excluding hydrogens is 309 g/mol. The Morgan fingerprint density at radius 3 is 2.61 bits per heavy atom. The summed E-state index contributed by atoms with van der Waals surface area (Å²) in [5, 5.41) is 9.37. The summed E-state index contributed by atoms with van der Waals surface area (Å²) in [6.45, 7) is 0. The molecule has 0 aliphatic rings. The van der Waals surface area contributed by atoms with E-state index in [0.717, 1.165) is 11.3 Å². The third kappa shape index (κ3) is 2.73. The average molecular weight is 313 g/mol. The molecule has 0 fully saturated rings. The van der Waals surface area contributed by atoms with Gasteiger partial charge in [-0.25, -0.2) is 4.79 Å². The maximum absolute atomic E-state index is 12.2. The predicted molar refractivity (Wildman–Crippen MR) is 65.7 cm³/mol. The van der Waals surface area contributed by atoms with Crippen molar-refractivity contribution in [2.45, 2.75) is 10.4 Å². The fourth-order valence-electron chi connectivity index (χ4n) is 1.38. The third-order valence-corrected chi connectivity index (χ3v) is 4.40. The van der Waals surface area contributed by atoms with Crippen LogP contribution >= 0.6 is 34.7 Å². The number of thiophene rings is 1. The summed E-state index contributed by atoms with van der Waals surface area (Å²) < 4.78 is 37.0. The standard InChI is InChI=1S/C10H4ClF3O2S2/c11-7-5-2-1-4(18-10(12,13)14)3-6(5)17-8(7)9(15)16/h1-3H,(H,15,16). The molecule has 96 valence electrons. The van der Waals surface area contributed by atoms with Gasteiger partial charge in [0, 0.05) is 15.0 Å². The van der Waals surface area contributed by atoms with Gasteiger partial charge in [0.1, 0.15) is 4.88 Å². The molecule has 1 N–H and O–H groups in total. The van der Waals surface area contributed by atoms with E-state index in [1.807, 2.05) is 0 Å². The number of fused-ring (bicyclic) bond motifs is 1. The van der Waals surface area contributed by atoms with Crippen LogP contribution < -0.4 is 0 Å². The highest BCUT2D eigenvalue weighted by molar-refractivity contribution is 8.00. The number of aromatic carboxylic acids is 1. The van der Waals surface area contributed by atoms with Gasteiger partial charge < -0.3 is 5.11 Å². The molecule has 18 heavy (non-hydrogen) atoms. The second kappa shape index (κ2) is 4.64. The van der Waals surface area contributed by atoms with Crippen LogP contribution in [0.5, 0.6) is 0 Å². The normalized spacial score (nSPS) is 12.0. The molecule has 0 saturated carbocycles. The van der Waals surface area contributed by atoms with Gasteiger partial charge in [0.15, 0.2) is 0 Å². The highest BCUT2D eigenvalue weighted by Crippen LogP contribution is 2.41. The molecule has 2 aromatic rings. The lowest BCUT2D eigenvalue weighted by Crippen LogP contribution is -1.98. The minimum absolute atomic E-state index is 0.00450. The molecule has 0 bridgehead atoms. The van der Waals surface area contributed by atoms with Gasteiger partial charge in [-0.05, 0) is 23.9 Å². The van der Waals surface area contributed by atoms with Gasteiger partial charge in [0.05, 0.1) is 5.02 Å². The van der Waals surface area contributed by atoms with E-state index < -0.39 is 11.5 Å². The lowest BCUT2D eigenvalue weighted by Gasteiger charge is -2.04. The Balaban J connectivity index is 2.49. The number of halogens is 4. The van der Waals surface area contributed by atoms with Crippen LogP contribution in [-0.4, -0.2) is 16.6 Å². The zero-order valence-corrected chi connectivity index (χ0v) is 10.8. The molecule has 0 unspecified atom stereocenters. The first-order valence-electron chi connectivity index (χ1n) is 4.49. The molecular formula is C10H4ClF3O2S2. The first-order chi connectivity index (χ1) is 8.28. The first-order valence-corrected chi connectivity index (χ1v) is 6.50. The molecule has 0 spiro atoms. The Labute approximate surface area is 112 Å². The van der Waals surface area contributed by atoms with Crippen molar-refractivity contribution in [2.24, 2.45) is 0 Å².